The summed E-state index contributed by atoms with van der Waals surface area (Å²) < 4.78 is 1.80. The summed E-state index contributed by atoms with van der Waals surface area (Å²) in [6.45, 7) is 5.90. The van der Waals surface area contributed by atoms with E-state index in [0.29, 0.717) is 12.2 Å². The first-order valence-electron chi connectivity index (χ1n) is 5.35. The van der Waals surface area contributed by atoms with Crippen LogP contribution in [0.15, 0.2) is 18.3 Å². The van der Waals surface area contributed by atoms with E-state index in [1.165, 1.54) is 0 Å². The van der Waals surface area contributed by atoms with Gasteiger partial charge in [0, 0.05) is 19.3 Å². The molecule has 16 heavy (non-hydrogen) atoms. The Morgan fingerprint density at radius 1 is 1.50 bits per heavy atom. The molecule has 4 heteroatoms. The SMILES string of the molecule is CN(C)CC(C)(C)Cn1cccc1C(=O)O. The summed E-state index contributed by atoms with van der Waals surface area (Å²) in [4.78, 5) is 13.1. The summed E-state index contributed by atoms with van der Waals surface area (Å²) in [5, 5.41) is 9.00. The van der Waals surface area contributed by atoms with Crippen LogP contribution in [0.3, 0.4) is 0 Å². The topological polar surface area (TPSA) is 45.5 Å². The van der Waals surface area contributed by atoms with Gasteiger partial charge in [0.05, 0.1) is 0 Å². The number of carboxylic acids is 1. The summed E-state index contributed by atoms with van der Waals surface area (Å²) in [5.41, 5.74) is 0.402. The molecule has 90 valence electrons. The highest BCUT2D eigenvalue weighted by Crippen LogP contribution is 2.20. The molecule has 0 radical (unpaired) electrons. The normalized spacial score (nSPS) is 12.1. The number of carbonyl (C=O) groups is 1. The van der Waals surface area contributed by atoms with Crippen molar-refractivity contribution >= 4 is 5.97 Å². The van der Waals surface area contributed by atoms with Gasteiger partial charge in [0.15, 0.2) is 0 Å². The first-order chi connectivity index (χ1) is 7.32. The van der Waals surface area contributed by atoms with Gasteiger partial charge in [-0.15, -0.1) is 0 Å². The minimum atomic E-state index is -0.870. The first-order valence-corrected chi connectivity index (χ1v) is 5.35. The van der Waals surface area contributed by atoms with E-state index >= 15 is 0 Å². The third-order valence-electron chi connectivity index (χ3n) is 2.39. The maximum Gasteiger partial charge on any atom is 0.352 e. The quantitative estimate of drug-likeness (QED) is 0.829. The molecule has 1 heterocycles. The third-order valence-corrected chi connectivity index (χ3v) is 2.39. The Balaban J connectivity index is 2.79. The minimum absolute atomic E-state index is 0.0483. The zero-order valence-electron chi connectivity index (χ0n) is 10.4. The lowest BCUT2D eigenvalue weighted by atomic mass is 9.93. The third kappa shape index (κ3) is 3.38. The fourth-order valence-corrected chi connectivity index (χ4v) is 2.11. The number of carboxylic acid groups (broad SMARTS) is 1. The van der Waals surface area contributed by atoms with Crippen molar-refractivity contribution in [3.8, 4) is 0 Å². The van der Waals surface area contributed by atoms with Crippen molar-refractivity contribution in [2.75, 3.05) is 20.6 Å². The monoisotopic (exact) mass is 224 g/mol. The lowest BCUT2D eigenvalue weighted by Gasteiger charge is -2.29. The summed E-state index contributed by atoms with van der Waals surface area (Å²) >= 11 is 0. The Morgan fingerprint density at radius 2 is 2.12 bits per heavy atom. The smallest absolute Gasteiger partial charge is 0.352 e. The zero-order valence-corrected chi connectivity index (χ0v) is 10.4. The summed E-state index contributed by atoms with van der Waals surface area (Å²) in [7, 11) is 4.05. The van der Waals surface area contributed by atoms with Gasteiger partial charge in [-0.1, -0.05) is 13.8 Å². The molecular formula is C12H20N2O2. The molecule has 0 aliphatic rings. The van der Waals surface area contributed by atoms with Crippen LogP contribution in [0.1, 0.15) is 24.3 Å². The fourth-order valence-electron chi connectivity index (χ4n) is 2.11. The predicted octanol–water partition coefficient (Wildman–Crippen LogP) is 1.77. The molecule has 0 amide bonds. The van der Waals surface area contributed by atoms with E-state index in [0.717, 1.165) is 6.54 Å². The van der Waals surface area contributed by atoms with Crippen LogP contribution in [0, 0.1) is 5.41 Å². The van der Waals surface area contributed by atoms with Crippen LogP contribution in [0.4, 0.5) is 0 Å². The number of nitrogens with zero attached hydrogens (tertiary/aromatic N) is 2. The summed E-state index contributed by atoms with van der Waals surface area (Å²) in [6, 6.07) is 3.41. The second-order valence-corrected chi connectivity index (χ2v) is 5.23. The molecule has 0 aliphatic carbocycles. The maximum absolute atomic E-state index is 11.0. The Bertz CT molecular complexity index is 367. The van der Waals surface area contributed by atoms with E-state index < -0.39 is 5.97 Å². The van der Waals surface area contributed by atoms with E-state index in [-0.39, 0.29) is 5.41 Å². The Labute approximate surface area is 96.5 Å². The molecule has 0 spiro atoms. The average Bonchev–Trinajstić information content (AvgIpc) is 2.48. The molecule has 1 N–H and O–H groups in total. The molecule has 0 saturated heterocycles. The van der Waals surface area contributed by atoms with Gasteiger partial charge in [-0.25, -0.2) is 4.79 Å². The fraction of sp³-hybridized carbons (Fsp3) is 0.583. The lowest BCUT2D eigenvalue weighted by Crippen LogP contribution is -2.32. The van der Waals surface area contributed by atoms with Crippen LogP contribution in [-0.4, -0.2) is 41.2 Å². The number of hydrogen-bond acceptors (Lipinski definition) is 2. The lowest BCUT2D eigenvalue weighted by molar-refractivity contribution is 0.0681. The maximum atomic E-state index is 11.0. The van der Waals surface area contributed by atoms with Crippen LogP contribution in [-0.2, 0) is 6.54 Å². The van der Waals surface area contributed by atoms with Crippen molar-refractivity contribution in [3.05, 3.63) is 24.0 Å². The van der Waals surface area contributed by atoms with Gasteiger partial charge >= 0.3 is 5.97 Å². The average molecular weight is 224 g/mol. The molecular weight excluding hydrogens is 204 g/mol. The van der Waals surface area contributed by atoms with E-state index in [4.69, 9.17) is 5.11 Å². The second kappa shape index (κ2) is 4.70. The highest BCUT2D eigenvalue weighted by atomic mass is 16.4. The van der Waals surface area contributed by atoms with Gasteiger partial charge in [0.25, 0.3) is 0 Å². The van der Waals surface area contributed by atoms with E-state index in [9.17, 15) is 4.79 Å². The van der Waals surface area contributed by atoms with Gasteiger partial charge in [-0.2, -0.15) is 0 Å². The van der Waals surface area contributed by atoms with Crippen molar-refractivity contribution in [2.45, 2.75) is 20.4 Å². The molecule has 0 aromatic carbocycles. The van der Waals surface area contributed by atoms with Gasteiger partial charge in [-0.3, -0.25) is 0 Å². The van der Waals surface area contributed by atoms with Gasteiger partial charge < -0.3 is 14.6 Å². The largest absolute Gasteiger partial charge is 0.477 e. The molecule has 0 aliphatic heterocycles. The standard InChI is InChI=1S/C12H20N2O2/c1-12(2,8-13(3)4)9-14-7-5-6-10(14)11(15)16/h5-7H,8-9H2,1-4H3,(H,15,16). The van der Waals surface area contributed by atoms with E-state index in [1.54, 1.807) is 16.7 Å². The van der Waals surface area contributed by atoms with Gasteiger partial charge in [0.1, 0.15) is 5.69 Å². The number of rotatable bonds is 5. The molecule has 0 bridgehead atoms. The van der Waals surface area contributed by atoms with Crippen LogP contribution in [0.25, 0.3) is 0 Å². The van der Waals surface area contributed by atoms with Crippen LogP contribution < -0.4 is 0 Å². The molecule has 1 aromatic rings. The van der Waals surface area contributed by atoms with Crippen molar-refractivity contribution < 1.29 is 9.90 Å². The Morgan fingerprint density at radius 3 is 2.62 bits per heavy atom. The van der Waals surface area contributed by atoms with Crippen LogP contribution in [0.5, 0.6) is 0 Å². The molecule has 0 atom stereocenters. The molecule has 0 unspecified atom stereocenters. The van der Waals surface area contributed by atoms with E-state index in [2.05, 4.69) is 18.7 Å². The summed E-state index contributed by atoms with van der Waals surface area (Å²) in [6.07, 6.45) is 1.82. The zero-order chi connectivity index (χ0) is 12.3. The molecule has 4 nitrogen and oxygen atoms in total. The van der Waals surface area contributed by atoms with E-state index in [1.807, 2.05) is 20.3 Å². The van der Waals surface area contributed by atoms with Crippen LogP contribution in [0.2, 0.25) is 0 Å². The summed E-state index contributed by atoms with van der Waals surface area (Å²) in [5.74, 6) is -0.870. The highest BCUT2D eigenvalue weighted by molar-refractivity contribution is 5.85. The predicted molar refractivity (Wildman–Crippen MR) is 63.7 cm³/mol. The first kappa shape index (κ1) is 12.8. The molecule has 0 saturated carbocycles. The van der Waals surface area contributed by atoms with Gasteiger partial charge in [-0.05, 0) is 31.6 Å². The Hall–Kier alpha value is -1.29. The van der Waals surface area contributed by atoms with Crippen LogP contribution >= 0.6 is 0 Å². The molecule has 1 rings (SSSR count). The van der Waals surface area contributed by atoms with Crippen molar-refractivity contribution in [1.82, 2.24) is 9.47 Å². The number of aromatic carboxylic acids is 1. The Kier molecular flexibility index (Phi) is 3.75. The molecule has 0 fully saturated rings. The second-order valence-electron chi connectivity index (χ2n) is 5.23. The van der Waals surface area contributed by atoms with Crippen molar-refractivity contribution in [1.29, 1.82) is 0 Å². The van der Waals surface area contributed by atoms with Crippen molar-refractivity contribution in [3.63, 3.8) is 0 Å². The molecule has 1 aromatic heterocycles. The van der Waals surface area contributed by atoms with Crippen molar-refractivity contribution in [2.24, 2.45) is 5.41 Å². The highest BCUT2D eigenvalue weighted by Gasteiger charge is 2.21. The number of hydrogen-bond donors (Lipinski definition) is 1. The minimum Gasteiger partial charge on any atom is -0.477 e. The number of aromatic nitrogens is 1. The van der Waals surface area contributed by atoms with Gasteiger partial charge in [0.2, 0.25) is 0 Å².